The van der Waals surface area contributed by atoms with Crippen LogP contribution in [0.1, 0.15) is 31.3 Å². The molecule has 0 radical (unpaired) electrons. The highest BCUT2D eigenvalue weighted by Gasteiger charge is 2.13. The molecule has 0 aromatic carbocycles. The number of aromatic nitrogens is 5. The maximum absolute atomic E-state index is 5.81. The average Bonchev–Trinajstić information content (AvgIpc) is 2.55. The molecule has 2 heterocycles. The van der Waals surface area contributed by atoms with Gasteiger partial charge < -0.3 is 5.73 Å². The van der Waals surface area contributed by atoms with E-state index >= 15 is 0 Å². The van der Waals surface area contributed by atoms with E-state index in [0.29, 0.717) is 17.0 Å². The summed E-state index contributed by atoms with van der Waals surface area (Å²) in [6, 6.07) is 0. The van der Waals surface area contributed by atoms with Gasteiger partial charge in [-0.3, -0.25) is 0 Å². The van der Waals surface area contributed by atoms with E-state index in [1.165, 1.54) is 0 Å². The number of nitrogens with zero attached hydrogens (tertiary/aromatic N) is 5. The summed E-state index contributed by atoms with van der Waals surface area (Å²) >= 11 is 0. The van der Waals surface area contributed by atoms with E-state index < -0.39 is 0 Å². The number of anilines is 1. The minimum Gasteiger partial charge on any atom is -0.394 e. The molecule has 0 unspecified atom stereocenters. The second kappa shape index (κ2) is 2.90. The molecule has 0 amide bonds. The van der Waals surface area contributed by atoms with Gasteiger partial charge in [-0.05, 0) is 6.92 Å². The van der Waals surface area contributed by atoms with Crippen LogP contribution in [0.15, 0.2) is 0 Å². The highest BCUT2D eigenvalue weighted by atomic mass is 15.5. The van der Waals surface area contributed by atoms with Crippen molar-refractivity contribution >= 4 is 11.3 Å². The van der Waals surface area contributed by atoms with Gasteiger partial charge in [-0.1, -0.05) is 19.1 Å². The zero-order valence-electron chi connectivity index (χ0n) is 8.39. The normalized spacial score (nSPS) is 11.4. The zero-order chi connectivity index (χ0) is 10.3. The third kappa shape index (κ3) is 1.11. The van der Waals surface area contributed by atoms with Crippen molar-refractivity contribution < 1.29 is 0 Å². The van der Waals surface area contributed by atoms with Crippen molar-refractivity contribution in [1.82, 2.24) is 25.0 Å². The van der Waals surface area contributed by atoms with Gasteiger partial charge in [0.15, 0.2) is 5.82 Å². The molecule has 2 rings (SSSR count). The molecule has 2 aromatic rings. The predicted molar refractivity (Wildman–Crippen MR) is 51.8 cm³/mol. The molecular weight excluding hydrogens is 180 g/mol. The molecule has 0 aliphatic carbocycles. The lowest BCUT2D eigenvalue weighted by Crippen LogP contribution is -2.06. The number of nitrogens with two attached hydrogens (primary N) is 1. The second-order valence-corrected chi connectivity index (χ2v) is 3.54. The highest BCUT2D eigenvalue weighted by Crippen LogP contribution is 2.17. The lowest BCUT2D eigenvalue weighted by molar-refractivity contribution is 0.684. The van der Waals surface area contributed by atoms with Gasteiger partial charge in [0.1, 0.15) is 5.69 Å². The smallest absolute Gasteiger partial charge is 0.204 e. The molecule has 0 aliphatic heterocycles. The minimum absolute atomic E-state index is 0.251. The van der Waals surface area contributed by atoms with Crippen LogP contribution in [0.3, 0.4) is 0 Å². The number of hydrogen-bond acceptors (Lipinski definition) is 5. The van der Waals surface area contributed by atoms with Gasteiger partial charge in [-0.15, -0.1) is 15.3 Å². The Morgan fingerprint density at radius 2 is 1.93 bits per heavy atom. The van der Waals surface area contributed by atoms with Crippen molar-refractivity contribution in [3.05, 3.63) is 11.5 Å². The molecule has 2 N–H and O–H groups in total. The lowest BCUT2D eigenvalue weighted by Gasteiger charge is -2.02. The third-order valence-electron chi connectivity index (χ3n) is 2.10. The maximum atomic E-state index is 5.81. The van der Waals surface area contributed by atoms with Crippen LogP contribution in [0.5, 0.6) is 0 Å². The summed E-state index contributed by atoms with van der Waals surface area (Å²) in [6.07, 6.45) is 0. The first-order valence-corrected chi connectivity index (χ1v) is 4.45. The molecule has 0 saturated carbocycles. The first-order valence-electron chi connectivity index (χ1n) is 4.45. The van der Waals surface area contributed by atoms with Gasteiger partial charge in [-0.2, -0.15) is 4.52 Å². The zero-order valence-corrected chi connectivity index (χ0v) is 8.39. The van der Waals surface area contributed by atoms with Gasteiger partial charge in [0.25, 0.3) is 0 Å². The molecule has 6 heteroatoms. The Kier molecular flexibility index (Phi) is 1.83. The van der Waals surface area contributed by atoms with E-state index in [2.05, 4.69) is 20.5 Å². The van der Waals surface area contributed by atoms with E-state index in [0.717, 1.165) is 5.82 Å². The Morgan fingerprint density at radius 1 is 1.21 bits per heavy atom. The Labute approximate surface area is 81.1 Å². The van der Waals surface area contributed by atoms with Crippen LogP contribution in [-0.2, 0) is 0 Å². The molecule has 2 aromatic heterocycles. The molecule has 6 nitrogen and oxygen atoms in total. The van der Waals surface area contributed by atoms with E-state index in [1.807, 2.05) is 13.8 Å². The van der Waals surface area contributed by atoms with Gasteiger partial charge in [0.05, 0.1) is 5.69 Å². The van der Waals surface area contributed by atoms with Crippen LogP contribution in [-0.4, -0.2) is 25.0 Å². The molecule has 74 valence electrons. The number of hydrogen-bond donors (Lipinski definition) is 1. The summed E-state index contributed by atoms with van der Waals surface area (Å²) in [5, 5.41) is 15.9. The quantitative estimate of drug-likeness (QED) is 0.712. The SMILES string of the molecule is Cc1nnn2c(C(C)C)nnc2c1N. The van der Waals surface area contributed by atoms with Crippen molar-refractivity contribution in [3.63, 3.8) is 0 Å². The Morgan fingerprint density at radius 3 is 2.57 bits per heavy atom. The topological polar surface area (TPSA) is 82.0 Å². The molecule has 0 bridgehead atoms. The molecule has 0 aliphatic rings. The predicted octanol–water partition coefficient (Wildman–Crippen LogP) is 0.533. The molecule has 0 spiro atoms. The van der Waals surface area contributed by atoms with Crippen LogP contribution >= 0.6 is 0 Å². The monoisotopic (exact) mass is 192 g/mol. The highest BCUT2D eigenvalue weighted by molar-refractivity contribution is 5.65. The number of rotatable bonds is 1. The summed E-state index contributed by atoms with van der Waals surface area (Å²) in [6.45, 7) is 5.84. The Bertz CT molecular complexity index is 472. The third-order valence-corrected chi connectivity index (χ3v) is 2.10. The van der Waals surface area contributed by atoms with Crippen molar-refractivity contribution in [1.29, 1.82) is 0 Å². The lowest BCUT2D eigenvalue weighted by atomic mass is 10.2. The second-order valence-electron chi connectivity index (χ2n) is 3.54. The van der Waals surface area contributed by atoms with Gasteiger partial charge in [-0.25, -0.2) is 0 Å². The summed E-state index contributed by atoms with van der Waals surface area (Å²) in [5.41, 5.74) is 7.61. The first-order chi connectivity index (χ1) is 6.61. The van der Waals surface area contributed by atoms with Crippen molar-refractivity contribution in [3.8, 4) is 0 Å². The summed E-state index contributed by atoms with van der Waals surface area (Å²) in [7, 11) is 0. The van der Waals surface area contributed by atoms with Crippen molar-refractivity contribution in [2.24, 2.45) is 0 Å². The summed E-state index contributed by atoms with van der Waals surface area (Å²) in [4.78, 5) is 0. The fourth-order valence-electron chi connectivity index (χ4n) is 1.24. The van der Waals surface area contributed by atoms with Crippen molar-refractivity contribution in [2.75, 3.05) is 5.73 Å². The van der Waals surface area contributed by atoms with E-state index in [-0.39, 0.29) is 5.92 Å². The minimum atomic E-state index is 0.251. The van der Waals surface area contributed by atoms with Crippen LogP contribution < -0.4 is 5.73 Å². The Hall–Kier alpha value is -1.72. The number of aryl methyl sites for hydroxylation is 1. The van der Waals surface area contributed by atoms with Gasteiger partial charge in [0.2, 0.25) is 5.65 Å². The fraction of sp³-hybridized carbons (Fsp3) is 0.500. The van der Waals surface area contributed by atoms with Crippen LogP contribution in [0.25, 0.3) is 5.65 Å². The van der Waals surface area contributed by atoms with Crippen molar-refractivity contribution in [2.45, 2.75) is 26.7 Å². The van der Waals surface area contributed by atoms with Crippen LogP contribution in [0, 0.1) is 6.92 Å². The van der Waals surface area contributed by atoms with E-state index in [1.54, 1.807) is 11.4 Å². The summed E-state index contributed by atoms with van der Waals surface area (Å²) in [5.74, 6) is 1.03. The maximum Gasteiger partial charge on any atom is 0.204 e. The van der Waals surface area contributed by atoms with Crippen LogP contribution in [0.2, 0.25) is 0 Å². The standard InChI is InChI=1S/C8H12N6/c1-4(2)7-11-12-8-6(9)5(3)10-13-14(7)8/h4H,9H2,1-3H3. The van der Waals surface area contributed by atoms with E-state index in [4.69, 9.17) is 5.73 Å². The largest absolute Gasteiger partial charge is 0.394 e. The molecule has 14 heavy (non-hydrogen) atoms. The van der Waals surface area contributed by atoms with Gasteiger partial charge >= 0.3 is 0 Å². The van der Waals surface area contributed by atoms with Crippen LogP contribution in [0.4, 0.5) is 5.69 Å². The molecule has 0 saturated heterocycles. The van der Waals surface area contributed by atoms with Gasteiger partial charge in [0, 0.05) is 5.92 Å². The summed E-state index contributed by atoms with van der Waals surface area (Å²) < 4.78 is 1.59. The number of nitrogen functional groups attached to an aromatic ring is 1. The molecular formula is C8H12N6. The molecule has 0 atom stereocenters. The average molecular weight is 192 g/mol. The first kappa shape index (κ1) is 8.86. The fourth-order valence-corrected chi connectivity index (χ4v) is 1.24. The number of fused-ring (bicyclic) bond motifs is 1. The Balaban J connectivity index is 2.77. The molecule has 0 fully saturated rings. The van der Waals surface area contributed by atoms with E-state index in [9.17, 15) is 0 Å².